The van der Waals surface area contributed by atoms with E-state index in [-0.39, 0.29) is 38.1 Å². The van der Waals surface area contributed by atoms with Crippen LogP contribution in [0.25, 0.3) is 17.4 Å². The van der Waals surface area contributed by atoms with Gasteiger partial charge in [-0.05, 0) is 55.8 Å². The second kappa shape index (κ2) is 10.4. The van der Waals surface area contributed by atoms with Crippen LogP contribution in [0.5, 0.6) is 0 Å². The Labute approximate surface area is 243 Å². The zero-order valence-electron chi connectivity index (χ0n) is 22.3. The van der Waals surface area contributed by atoms with Crippen molar-refractivity contribution in [2.75, 3.05) is 10.2 Å². The van der Waals surface area contributed by atoms with Gasteiger partial charge >= 0.3 is 0 Å². The number of hydrogen-bond acceptors (Lipinski definition) is 8. The number of nitrogens with one attached hydrogen (secondary N) is 1. The molecule has 5 heterocycles. The lowest BCUT2D eigenvalue weighted by Crippen LogP contribution is -2.33. The number of pyridine rings is 1. The molecular weight excluding hydrogens is 560 g/mol. The normalized spacial score (nSPS) is 14.5. The monoisotopic (exact) mass is 584 g/mol. The predicted octanol–water partition coefficient (Wildman–Crippen LogP) is 4.41. The fourth-order valence-electron chi connectivity index (χ4n) is 4.76. The van der Waals surface area contributed by atoms with Crippen molar-refractivity contribution in [3.63, 3.8) is 0 Å². The Bertz CT molecular complexity index is 1990. The third-order valence-corrected chi connectivity index (χ3v) is 8.21. The Morgan fingerprint density at radius 3 is 2.54 bits per heavy atom. The molecule has 0 aliphatic carbocycles. The molecule has 206 valence electrons. The van der Waals surface area contributed by atoms with Crippen LogP contribution >= 0.6 is 24.0 Å². The highest BCUT2D eigenvalue weighted by molar-refractivity contribution is 8.27. The molecule has 4 aromatic heterocycles. The van der Waals surface area contributed by atoms with E-state index in [9.17, 15) is 14.4 Å². The molecule has 0 spiro atoms. The minimum absolute atomic E-state index is 0.169. The van der Waals surface area contributed by atoms with Crippen molar-refractivity contribution < 1.29 is 9.21 Å². The number of nitrogens with zero attached hydrogens (tertiary/aromatic N) is 5. The maximum absolute atomic E-state index is 13.8. The summed E-state index contributed by atoms with van der Waals surface area (Å²) >= 11 is 6.62. The number of fused-ring (bicyclic) bond motifs is 1. The highest BCUT2D eigenvalue weighted by Crippen LogP contribution is 2.36. The number of hydrogen-bond donors (Lipinski definition) is 1. The molecule has 0 bridgehead atoms. The maximum Gasteiger partial charge on any atom is 0.296 e. The Morgan fingerprint density at radius 2 is 1.80 bits per heavy atom. The minimum atomic E-state index is -0.489. The smallest absolute Gasteiger partial charge is 0.296 e. The van der Waals surface area contributed by atoms with Crippen LogP contribution in [0.4, 0.5) is 11.5 Å². The number of carbonyl (C=O) groups excluding carboxylic acids is 1. The number of furan rings is 1. The molecule has 0 saturated carbocycles. The van der Waals surface area contributed by atoms with Gasteiger partial charge in [-0.1, -0.05) is 48.2 Å². The predicted molar refractivity (Wildman–Crippen MR) is 164 cm³/mol. The highest BCUT2D eigenvalue weighted by atomic mass is 32.2. The van der Waals surface area contributed by atoms with Crippen molar-refractivity contribution in [1.29, 1.82) is 0 Å². The van der Waals surface area contributed by atoms with Gasteiger partial charge in [0, 0.05) is 13.2 Å². The zero-order chi connectivity index (χ0) is 28.8. The first-order valence-electron chi connectivity index (χ1n) is 12.7. The lowest BCUT2D eigenvalue weighted by molar-refractivity contribution is -0.113. The lowest BCUT2D eigenvalue weighted by Gasteiger charge is -2.13. The fourth-order valence-corrected chi connectivity index (χ4v) is 6.02. The topological polar surface area (TPSA) is 107 Å². The molecule has 1 fully saturated rings. The van der Waals surface area contributed by atoms with E-state index in [0.29, 0.717) is 28.6 Å². The molecule has 10 nitrogen and oxygen atoms in total. The Balaban J connectivity index is 1.45. The van der Waals surface area contributed by atoms with Crippen LogP contribution in [0.2, 0.25) is 0 Å². The van der Waals surface area contributed by atoms with Gasteiger partial charge in [0.15, 0.2) is 4.32 Å². The number of anilines is 2. The average molecular weight is 585 g/mol. The second-order valence-corrected chi connectivity index (χ2v) is 11.1. The van der Waals surface area contributed by atoms with Crippen LogP contribution in [0.15, 0.2) is 86.0 Å². The van der Waals surface area contributed by atoms with E-state index in [4.69, 9.17) is 21.6 Å². The summed E-state index contributed by atoms with van der Waals surface area (Å²) in [5, 5.41) is 3.18. The van der Waals surface area contributed by atoms with Crippen LogP contribution in [0, 0.1) is 13.8 Å². The molecule has 5 aromatic rings. The fraction of sp³-hybridized carbons (Fsp3) is 0.138. The number of rotatable bonds is 6. The van der Waals surface area contributed by atoms with E-state index in [1.54, 1.807) is 49.3 Å². The van der Waals surface area contributed by atoms with Crippen molar-refractivity contribution >= 4 is 57.4 Å². The number of benzene rings is 1. The van der Waals surface area contributed by atoms with Crippen LogP contribution in [0.1, 0.15) is 22.6 Å². The SMILES string of the molecule is Cc1cccn2c(=O)c(/C=C3/SC(=S)N(c4c(C)n(C)n(-c5ccccc5)c4=O)C3=O)c(NCc3ccco3)nc12. The Hall–Kier alpha value is -4.68. The molecule has 1 aliphatic heterocycles. The summed E-state index contributed by atoms with van der Waals surface area (Å²) < 4.78 is 10.2. The summed E-state index contributed by atoms with van der Waals surface area (Å²) in [5.41, 5.74) is 2.16. The van der Waals surface area contributed by atoms with Gasteiger partial charge < -0.3 is 9.73 Å². The lowest BCUT2D eigenvalue weighted by atomic mass is 10.2. The largest absolute Gasteiger partial charge is 0.467 e. The number of thiocarbonyl (C=S) groups is 1. The van der Waals surface area contributed by atoms with Crippen LogP contribution in [-0.2, 0) is 18.4 Å². The number of aryl methyl sites for hydroxylation is 1. The first kappa shape index (κ1) is 26.5. The van der Waals surface area contributed by atoms with Gasteiger partial charge in [0.05, 0.1) is 34.7 Å². The van der Waals surface area contributed by atoms with E-state index in [1.165, 1.54) is 20.1 Å². The summed E-state index contributed by atoms with van der Waals surface area (Å²) in [5.74, 6) is 0.466. The van der Waals surface area contributed by atoms with E-state index >= 15 is 0 Å². The number of carbonyl (C=O) groups is 1. The number of thioether (sulfide) groups is 1. The van der Waals surface area contributed by atoms with Gasteiger partial charge in [-0.3, -0.25) is 28.4 Å². The van der Waals surface area contributed by atoms with E-state index in [1.807, 2.05) is 43.3 Å². The van der Waals surface area contributed by atoms with Gasteiger partial charge in [0.1, 0.15) is 22.9 Å². The summed E-state index contributed by atoms with van der Waals surface area (Å²) in [6, 6.07) is 16.4. The molecule has 41 heavy (non-hydrogen) atoms. The van der Waals surface area contributed by atoms with Crippen LogP contribution < -0.4 is 21.3 Å². The molecule has 1 aromatic carbocycles. The summed E-state index contributed by atoms with van der Waals surface area (Å²) in [6.45, 7) is 3.91. The third kappa shape index (κ3) is 4.50. The average Bonchev–Trinajstić information content (AvgIpc) is 3.64. The molecular formula is C29H24N6O4S2. The van der Waals surface area contributed by atoms with Gasteiger partial charge in [-0.25, -0.2) is 9.67 Å². The first-order valence-corrected chi connectivity index (χ1v) is 13.9. The number of amides is 1. The van der Waals surface area contributed by atoms with Gasteiger partial charge in [-0.2, -0.15) is 0 Å². The highest BCUT2D eigenvalue weighted by Gasteiger charge is 2.38. The first-order chi connectivity index (χ1) is 19.8. The molecule has 1 amide bonds. The van der Waals surface area contributed by atoms with Crippen molar-refractivity contribution in [3.05, 3.63) is 115 Å². The van der Waals surface area contributed by atoms with Crippen LogP contribution in [-0.4, -0.2) is 29.0 Å². The standard InChI is InChI=1S/C29H24N6O4S2/c1-17-9-7-13-33-25(17)31-24(30-16-20-12-8-14-39-20)21(26(33)36)15-22-27(37)34(29(40)41-22)23-18(2)32(3)35(28(23)38)19-10-5-4-6-11-19/h4-15,30H,16H2,1-3H3/b22-15+. The molecule has 0 radical (unpaired) electrons. The maximum atomic E-state index is 13.8. The molecule has 1 N–H and O–H groups in total. The van der Waals surface area contributed by atoms with Crippen LogP contribution in [0.3, 0.4) is 0 Å². The van der Waals surface area contributed by atoms with Gasteiger partial charge in [-0.15, -0.1) is 0 Å². The van der Waals surface area contributed by atoms with E-state index < -0.39 is 5.91 Å². The van der Waals surface area contributed by atoms with Crippen molar-refractivity contribution in [1.82, 2.24) is 18.7 Å². The number of aromatic nitrogens is 4. The Morgan fingerprint density at radius 1 is 1.02 bits per heavy atom. The second-order valence-electron chi connectivity index (χ2n) is 9.42. The third-order valence-electron chi connectivity index (χ3n) is 6.91. The van der Waals surface area contributed by atoms with Gasteiger partial charge in [0.25, 0.3) is 17.0 Å². The van der Waals surface area contributed by atoms with Crippen molar-refractivity contribution in [2.45, 2.75) is 20.4 Å². The zero-order valence-corrected chi connectivity index (χ0v) is 24.0. The quantitative estimate of drug-likeness (QED) is 0.231. The summed E-state index contributed by atoms with van der Waals surface area (Å²) in [6.07, 6.45) is 4.69. The van der Waals surface area contributed by atoms with Crippen molar-refractivity contribution in [2.24, 2.45) is 7.05 Å². The van der Waals surface area contributed by atoms with E-state index in [2.05, 4.69) is 5.32 Å². The summed E-state index contributed by atoms with van der Waals surface area (Å²) in [4.78, 5) is 47.3. The minimum Gasteiger partial charge on any atom is -0.467 e. The van der Waals surface area contributed by atoms with E-state index in [0.717, 1.165) is 17.3 Å². The summed E-state index contributed by atoms with van der Waals surface area (Å²) in [7, 11) is 1.75. The molecule has 1 aliphatic rings. The molecule has 12 heteroatoms. The molecule has 6 rings (SSSR count). The molecule has 1 saturated heterocycles. The Kier molecular flexibility index (Phi) is 6.72. The molecule has 0 unspecified atom stereocenters. The van der Waals surface area contributed by atoms with Gasteiger partial charge in [0.2, 0.25) is 0 Å². The van der Waals surface area contributed by atoms with Crippen molar-refractivity contribution in [3.8, 4) is 5.69 Å². The molecule has 0 atom stereocenters. The number of para-hydroxylation sites is 1.